The molecule has 1 aromatic heterocycles. The van der Waals surface area contributed by atoms with E-state index >= 15 is 0 Å². The zero-order chi connectivity index (χ0) is 18.9. The van der Waals surface area contributed by atoms with Gasteiger partial charge in [0, 0.05) is 25.1 Å². The summed E-state index contributed by atoms with van der Waals surface area (Å²) >= 11 is 0. The van der Waals surface area contributed by atoms with Crippen LogP contribution in [-0.4, -0.2) is 26.7 Å². The van der Waals surface area contributed by atoms with Gasteiger partial charge in [0.05, 0.1) is 6.42 Å². The fourth-order valence-electron chi connectivity index (χ4n) is 2.77. The molecule has 2 N–H and O–H groups in total. The van der Waals surface area contributed by atoms with E-state index in [0.29, 0.717) is 5.69 Å². The summed E-state index contributed by atoms with van der Waals surface area (Å²) in [5, 5.41) is 14.4. The SMILES string of the molecule is Cn1ccnc1C(O)(CC(=O)Nc1ccc2ccccc2c1)C(F)(F)F. The third kappa shape index (κ3) is 3.28. The maximum absolute atomic E-state index is 13.5. The first-order valence-electron chi connectivity index (χ1n) is 7.76. The highest BCUT2D eigenvalue weighted by Crippen LogP contribution is 2.40. The van der Waals surface area contributed by atoms with Crippen molar-refractivity contribution in [2.45, 2.75) is 18.2 Å². The van der Waals surface area contributed by atoms with Crippen LogP contribution < -0.4 is 5.32 Å². The second kappa shape index (κ2) is 6.45. The highest BCUT2D eigenvalue weighted by Gasteiger charge is 2.58. The number of aromatic nitrogens is 2. The molecule has 0 radical (unpaired) electrons. The number of rotatable bonds is 4. The molecule has 0 bridgehead atoms. The summed E-state index contributed by atoms with van der Waals surface area (Å²) in [6, 6.07) is 12.4. The molecule has 0 fully saturated rings. The Kier molecular flexibility index (Phi) is 4.45. The Morgan fingerprint density at radius 3 is 2.50 bits per heavy atom. The normalized spacial score (nSPS) is 14.2. The van der Waals surface area contributed by atoms with Crippen LogP contribution in [0.5, 0.6) is 0 Å². The van der Waals surface area contributed by atoms with Gasteiger partial charge in [0.25, 0.3) is 0 Å². The summed E-state index contributed by atoms with van der Waals surface area (Å²) in [6.45, 7) is 0. The molecule has 0 saturated carbocycles. The molecule has 5 nitrogen and oxygen atoms in total. The molecule has 0 aliphatic heterocycles. The Hall–Kier alpha value is -2.87. The van der Waals surface area contributed by atoms with Gasteiger partial charge in [0.1, 0.15) is 0 Å². The summed E-state index contributed by atoms with van der Waals surface area (Å²) in [5.41, 5.74) is -3.04. The lowest BCUT2D eigenvalue weighted by Gasteiger charge is -2.29. The van der Waals surface area contributed by atoms with Gasteiger partial charge in [-0.05, 0) is 22.9 Å². The maximum atomic E-state index is 13.5. The molecular formula is C18H16F3N3O2. The third-order valence-electron chi connectivity index (χ3n) is 4.11. The number of aryl methyl sites for hydroxylation is 1. The molecule has 1 atom stereocenters. The van der Waals surface area contributed by atoms with Crippen molar-refractivity contribution in [3.63, 3.8) is 0 Å². The van der Waals surface area contributed by atoms with Crippen LogP contribution >= 0.6 is 0 Å². The number of amides is 1. The minimum Gasteiger partial charge on any atom is -0.374 e. The van der Waals surface area contributed by atoms with E-state index in [1.165, 1.54) is 13.2 Å². The third-order valence-corrected chi connectivity index (χ3v) is 4.11. The standard InChI is InChI=1S/C18H16F3N3O2/c1-24-9-8-22-16(24)17(26,18(19,20)21)11-15(25)23-14-7-6-12-4-2-3-5-13(12)10-14/h2-10,26H,11H2,1H3,(H,23,25). The van der Waals surface area contributed by atoms with Crippen molar-refractivity contribution in [2.75, 3.05) is 5.32 Å². The van der Waals surface area contributed by atoms with Crippen LogP contribution in [0.1, 0.15) is 12.2 Å². The van der Waals surface area contributed by atoms with Gasteiger partial charge in [0.15, 0.2) is 5.82 Å². The molecule has 136 valence electrons. The Balaban J connectivity index is 1.85. The molecular weight excluding hydrogens is 347 g/mol. The number of benzene rings is 2. The molecule has 1 unspecified atom stereocenters. The van der Waals surface area contributed by atoms with Gasteiger partial charge >= 0.3 is 6.18 Å². The fourth-order valence-corrected chi connectivity index (χ4v) is 2.77. The van der Waals surface area contributed by atoms with E-state index in [4.69, 9.17) is 0 Å². The number of hydrogen-bond donors (Lipinski definition) is 2. The van der Waals surface area contributed by atoms with Crippen LogP contribution in [0.3, 0.4) is 0 Å². The number of fused-ring (bicyclic) bond motifs is 1. The zero-order valence-electron chi connectivity index (χ0n) is 13.8. The molecule has 0 saturated heterocycles. The van der Waals surface area contributed by atoms with Crippen molar-refractivity contribution in [2.24, 2.45) is 7.05 Å². The molecule has 0 aliphatic carbocycles. The number of imidazole rings is 1. The smallest absolute Gasteiger partial charge is 0.374 e. The van der Waals surface area contributed by atoms with Crippen LogP contribution in [0.25, 0.3) is 10.8 Å². The maximum Gasteiger partial charge on any atom is 0.425 e. The Bertz CT molecular complexity index is 952. The summed E-state index contributed by atoms with van der Waals surface area (Å²) in [6.07, 6.45) is -3.86. The lowest BCUT2D eigenvalue weighted by Crippen LogP contribution is -2.46. The first kappa shape index (κ1) is 17.9. The number of carbonyl (C=O) groups excluding carboxylic acids is 1. The zero-order valence-corrected chi connectivity index (χ0v) is 13.8. The number of nitrogens with one attached hydrogen (secondary N) is 1. The van der Waals surface area contributed by atoms with E-state index in [2.05, 4.69) is 10.3 Å². The van der Waals surface area contributed by atoms with Gasteiger partial charge in [0.2, 0.25) is 11.5 Å². The van der Waals surface area contributed by atoms with Crippen molar-refractivity contribution in [1.82, 2.24) is 9.55 Å². The summed E-state index contributed by atoms with van der Waals surface area (Å²) in [4.78, 5) is 15.8. The van der Waals surface area contributed by atoms with Crippen LogP contribution in [-0.2, 0) is 17.4 Å². The predicted molar refractivity (Wildman–Crippen MR) is 90.4 cm³/mol. The minimum atomic E-state index is -5.06. The lowest BCUT2D eigenvalue weighted by atomic mass is 9.97. The van der Waals surface area contributed by atoms with E-state index in [9.17, 15) is 23.1 Å². The molecule has 2 aromatic carbocycles. The second-order valence-electron chi connectivity index (χ2n) is 6.01. The van der Waals surface area contributed by atoms with E-state index in [0.717, 1.165) is 21.5 Å². The summed E-state index contributed by atoms with van der Waals surface area (Å²) in [7, 11) is 1.32. The predicted octanol–water partition coefficient (Wildman–Crippen LogP) is 3.35. The van der Waals surface area contributed by atoms with E-state index in [1.54, 1.807) is 18.2 Å². The second-order valence-corrected chi connectivity index (χ2v) is 6.01. The molecule has 1 heterocycles. The van der Waals surface area contributed by atoms with E-state index < -0.39 is 29.9 Å². The average molecular weight is 363 g/mol. The van der Waals surface area contributed by atoms with Crippen molar-refractivity contribution in [1.29, 1.82) is 0 Å². The van der Waals surface area contributed by atoms with Crippen LogP contribution in [0.2, 0.25) is 0 Å². The molecule has 0 aliphatic rings. The Morgan fingerprint density at radius 1 is 1.19 bits per heavy atom. The highest BCUT2D eigenvalue weighted by molar-refractivity contribution is 5.94. The topological polar surface area (TPSA) is 67.1 Å². The number of alkyl halides is 3. The van der Waals surface area contributed by atoms with Gasteiger partial charge < -0.3 is 15.0 Å². The molecule has 8 heteroatoms. The number of hydrogen-bond acceptors (Lipinski definition) is 3. The van der Waals surface area contributed by atoms with Crippen molar-refractivity contribution in [3.05, 3.63) is 60.7 Å². The monoisotopic (exact) mass is 363 g/mol. The van der Waals surface area contributed by atoms with Gasteiger partial charge in [-0.25, -0.2) is 4.98 Å². The van der Waals surface area contributed by atoms with Crippen molar-refractivity contribution < 1.29 is 23.1 Å². The number of anilines is 1. The van der Waals surface area contributed by atoms with Gasteiger partial charge in [-0.2, -0.15) is 13.2 Å². The van der Waals surface area contributed by atoms with Crippen molar-refractivity contribution >= 4 is 22.4 Å². The number of aliphatic hydroxyl groups is 1. The summed E-state index contributed by atoms with van der Waals surface area (Å²) in [5.74, 6) is -1.61. The molecule has 0 spiro atoms. The molecule has 3 aromatic rings. The molecule has 3 rings (SSSR count). The fraction of sp³-hybridized carbons (Fsp3) is 0.222. The first-order valence-corrected chi connectivity index (χ1v) is 7.76. The van der Waals surface area contributed by atoms with E-state index in [1.807, 2.05) is 24.3 Å². The van der Waals surface area contributed by atoms with Crippen LogP contribution in [0, 0.1) is 0 Å². The Morgan fingerprint density at radius 2 is 1.88 bits per heavy atom. The number of nitrogens with zero attached hydrogens (tertiary/aromatic N) is 2. The lowest BCUT2D eigenvalue weighted by molar-refractivity contribution is -0.270. The quantitative estimate of drug-likeness (QED) is 0.747. The average Bonchev–Trinajstić information content (AvgIpc) is 3.00. The number of carbonyl (C=O) groups is 1. The van der Waals surface area contributed by atoms with Crippen LogP contribution in [0.4, 0.5) is 18.9 Å². The van der Waals surface area contributed by atoms with Gasteiger partial charge in [-0.3, -0.25) is 4.79 Å². The molecule has 1 amide bonds. The van der Waals surface area contributed by atoms with Gasteiger partial charge in [-0.15, -0.1) is 0 Å². The minimum absolute atomic E-state index is 0.345. The largest absolute Gasteiger partial charge is 0.425 e. The Labute approximate surface area is 147 Å². The van der Waals surface area contributed by atoms with Crippen LogP contribution in [0.15, 0.2) is 54.9 Å². The molecule has 26 heavy (non-hydrogen) atoms. The summed E-state index contributed by atoms with van der Waals surface area (Å²) < 4.78 is 41.5. The number of halogens is 3. The highest BCUT2D eigenvalue weighted by atomic mass is 19.4. The first-order chi connectivity index (χ1) is 12.2. The van der Waals surface area contributed by atoms with Gasteiger partial charge in [-0.1, -0.05) is 30.3 Å². The van der Waals surface area contributed by atoms with Crippen molar-refractivity contribution in [3.8, 4) is 0 Å². The van der Waals surface area contributed by atoms with E-state index in [-0.39, 0.29) is 0 Å².